The summed E-state index contributed by atoms with van der Waals surface area (Å²) >= 11 is 0. The lowest BCUT2D eigenvalue weighted by molar-refractivity contribution is 0.305. The molecule has 0 aliphatic heterocycles. The molecular formula is C30H27F5O. The number of aryl methyl sites for hydroxylation is 3. The first-order valence-electron chi connectivity index (χ1n) is 12.1. The molecule has 0 bridgehead atoms. The van der Waals surface area contributed by atoms with Gasteiger partial charge in [0.1, 0.15) is 23.2 Å². The van der Waals surface area contributed by atoms with Crippen LogP contribution in [0.4, 0.5) is 22.0 Å². The van der Waals surface area contributed by atoms with Gasteiger partial charge in [-0.3, -0.25) is 0 Å². The Morgan fingerprint density at radius 2 is 1.33 bits per heavy atom. The van der Waals surface area contributed by atoms with E-state index in [9.17, 15) is 17.6 Å². The van der Waals surface area contributed by atoms with E-state index in [1.165, 1.54) is 18.2 Å². The molecule has 4 rings (SSSR count). The van der Waals surface area contributed by atoms with Crippen molar-refractivity contribution in [2.45, 2.75) is 45.4 Å². The molecule has 0 amide bonds. The van der Waals surface area contributed by atoms with Gasteiger partial charge in [-0.25, -0.2) is 22.0 Å². The maximum atomic E-state index is 15.1. The first kappa shape index (κ1) is 25.7. The van der Waals surface area contributed by atoms with E-state index in [4.69, 9.17) is 4.74 Å². The normalized spacial score (nSPS) is 11.3. The average Bonchev–Trinajstić information content (AvgIpc) is 2.85. The average molecular weight is 499 g/mol. The van der Waals surface area contributed by atoms with Crippen molar-refractivity contribution in [2.24, 2.45) is 0 Å². The third kappa shape index (κ3) is 6.04. The van der Waals surface area contributed by atoms with E-state index >= 15 is 4.39 Å². The molecule has 0 fully saturated rings. The highest BCUT2D eigenvalue weighted by Gasteiger charge is 2.14. The van der Waals surface area contributed by atoms with E-state index < -0.39 is 23.3 Å². The Labute approximate surface area is 207 Å². The number of halogens is 5. The molecule has 4 aromatic carbocycles. The van der Waals surface area contributed by atoms with E-state index in [0.717, 1.165) is 30.5 Å². The summed E-state index contributed by atoms with van der Waals surface area (Å²) in [6.45, 7) is 2.42. The lowest BCUT2D eigenvalue weighted by Crippen LogP contribution is -2.03. The van der Waals surface area contributed by atoms with Gasteiger partial charge in [0.25, 0.3) is 0 Å². The minimum Gasteiger partial charge on any atom is -0.493 e. The van der Waals surface area contributed by atoms with E-state index in [-0.39, 0.29) is 23.6 Å². The number of hydrogen-bond donors (Lipinski definition) is 0. The summed E-state index contributed by atoms with van der Waals surface area (Å²) in [5.41, 5.74) is 1.89. The molecule has 1 nitrogen and oxygen atoms in total. The van der Waals surface area contributed by atoms with Gasteiger partial charge in [-0.05, 0) is 66.3 Å². The van der Waals surface area contributed by atoms with Gasteiger partial charge in [0.05, 0.1) is 6.61 Å². The Hall–Kier alpha value is -3.41. The summed E-state index contributed by atoms with van der Waals surface area (Å²) in [5, 5.41) is 1.12. The van der Waals surface area contributed by atoms with Crippen LogP contribution in [0.2, 0.25) is 0 Å². The van der Waals surface area contributed by atoms with Crippen molar-refractivity contribution >= 4 is 10.8 Å². The first-order chi connectivity index (χ1) is 17.4. The first-order valence-corrected chi connectivity index (χ1v) is 12.1. The van der Waals surface area contributed by atoms with Crippen LogP contribution in [0.1, 0.15) is 42.0 Å². The molecule has 0 aromatic heterocycles. The largest absolute Gasteiger partial charge is 0.493 e. The van der Waals surface area contributed by atoms with Gasteiger partial charge in [0.15, 0.2) is 11.6 Å². The van der Waals surface area contributed by atoms with Gasteiger partial charge >= 0.3 is 0 Å². The molecule has 0 heterocycles. The van der Waals surface area contributed by atoms with E-state index in [0.29, 0.717) is 47.8 Å². The predicted molar refractivity (Wildman–Crippen MR) is 132 cm³/mol. The van der Waals surface area contributed by atoms with Crippen molar-refractivity contribution in [3.8, 4) is 5.75 Å². The Morgan fingerprint density at radius 1 is 0.639 bits per heavy atom. The highest BCUT2D eigenvalue weighted by molar-refractivity contribution is 5.84. The molecule has 6 heteroatoms. The van der Waals surface area contributed by atoms with Crippen molar-refractivity contribution in [1.82, 2.24) is 0 Å². The maximum absolute atomic E-state index is 15.1. The molecule has 0 aliphatic rings. The van der Waals surface area contributed by atoms with Crippen molar-refractivity contribution < 1.29 is 26.7 Å². The third-order valence-electron chi connectivity index (χ3n) is 6.31. The number of rotatable bonds is 10. The van der Waals surface area contributed by atoms with Crippen LogP contribution in [0, 0.1) is 29.1 Å². The lowest BCUT2D eigenvalue weighted by atomic mass is 9.97. The van der Waals surface area contributed by atoms with Crippen LogP contribution in [0.3, 0.4) is 0 Å². The molecule has 0 spiro atoms. The summed E-state index contributed by atoms with van der Waals surface area (Å²) in [6.07, 6.45) is 3.00. The Balaban J connectivity index is 1.44. The smallest absolute Gasteiger partial charge is 0.159 e. The monoisotopic (exact) mass is 498 g/mol. The minimum absolute atomic E-state index is 0.00306. The molecule has 0 atom stereocenters. The topological polar surface area (TPSA) is 9.23 Å². The molecule has 0 N–H and O–H groups in total. The van der Waals surface area contributed by atoms with Crippen molar-refractivity contribution in [3.63, 3.8) is 0 Å². The lowest BCUT2D eigenvalue weighted by Gasteiger charge is -2.11. The zero-order valence-corrected chi connectivity index (χ0v) is 20.0. The van der Waals surface area contributed by atoms with Crippen LogP contribution in [0.25, 0.3) is 10.8 Å². The summed E-state index contributed by atoms with van der Waals surface area (Å²) in [6, 6.07) is 14.8. The summed E-state index contributed by atoms with van der Waals surface area (Å²) < 4.78 is 76.0. The second-order valence-electron chi connectivity index (χ2n) is 8.91. The second-order valence-corrected chi connectivity index (χ2v) is 8.91. The van der Waals surface area contributed by atoms with Gasteiger partial charge in [-0.15, -0.1) is 0 Å². The molecule has 4 aromatic rings. The van der Waals surface area contributed by atoms with Crippen LogP contribution in [-0.4, -0.2) is 6.61 Å². The highest BCUT2D eigenvalue weighted by Crippen LogP contribution is 2.26. The minimum atomic E-state index is -0.921. The highest BCUT2D eigenvalue weighted by atomic mass is 19.2. The molecule has 0 aliphatic carbocycles. The predicted octanol–water partition coefficient (Wildman–Crippen LogP) is 8.28. The van der Waals surface area contributed by atoms with Gasteiger partial charge < -0.3 is 4.74 Å². The van der Waals surface area contributed by atoms with Gasteiger partial charge in [0.2, 0.25) is 0 Å². The van der Waals surface area contributed by atoms with Gasteiger partial charge in [-0.1, -0.05) is 49.7 Å². The van der Waals surface area contributed by atoms with E-state index in [2.05, 4.69) is 0 Å². The number of ether oxygens (including phenoxy) is 1. The molecule has 0 saturated carbocycles. The molecule has 36 heavy (non-hydrogen) atoms. The van der Waals surface area contributed by atoms with Crippen molar-refractivity contribution in [2.75, 3.05) is 6.61 Å². The third-order valence-corrected chi connectivity index (χ3v) is 6.31. The number of fused-ring (bicyclic) bond motifs is 1. The van der Waals surface area contributed by atoms with Crippen LogP contribution in [-0.2, 0) is 25.7 Å². The fourth-order valence-corrected chi connectivity index (χ4v) is 4.21. The number of benzene rings is 4. The summed E-state index contributed by atoms with van der Waals surface area (Å²) in [5.74, 6) is -3.29. The molecular weight excluding hydrogens is 471 g/mol. The summed E-state index contributed by atoms with van der Waals surface area (Å²) in [4.78, 5) is 0. The number of hydrogen-bond acceptors (Lipinski definition) is 1. The zero-order chi connectivity index (χ0) is 25.7. The van der Waals surface area contributed by atoms with Crippen LogP contribution in [0.15, 0.2) is 60.7 Å². The van der Waals surface area contributed by atoms with Crippen molar-refractivity contribution in [1.29, 1.82) is 0 Å². The number of unbranched alkanes of at least 4 members (excludes halogenated alkanes) is 1. The van der Waals surface area contributed by atoms with Crippen LogP contribution < -0.4 is 4.74 Å². The second kappa shape index (κ2) is 11.5. The molecule has 0 radical (unpaired) electrons. The quantitative estimate of drug-likeness (QED) is 0.158. The Bertz CT molecular complexity index is 1340. The van der Waals surface area contributed by atoms with Crippen molar-refractivity contribution in [3.05, 3.63) is 112 Å². The van der Waals surface area contributed by atoms with Crippen LogP contribution >= 0.6 is 0 Å². The summed E-state index contributed by atoms with van der Waals surface area (Å²) in [7, 11) is 0. The zero-order valence-electron chi connectivity index (χ0n) is 20.0. The van der Waals surface area contributed by atoms with E-state index in [1.54, 1.807) is 24.3 Å². The standard InChI is InChI=1S/C30H27F5O/c1-2-3-14-36-23-17-27(32)25(28(33)18-23)12-6-19-5-11-24-22(15-19)10-9-21(30(24)35)8-4-20-7-13-26(31)29(34)16-20/h5,7,9-11,13,15-18H,2-4,6,8,12,14H2,1H3. The Morgan fingerprint density at radius 3 is 2.06 bits per heavy atom. The van der Waals surface area contributed by atoms with Crippen LogP contribution in [0.5, 0.6) is 5.75 Å². The van der Waals surface area contributed by atoms with Gasteiger partial charge in [0, 0.05) is 23.1 Å². The molecule has 0 saturated heterocycles. The van der Waals surface area contributed by atoms with E-state index in [1.807, 2.05) is 13.0 Å². The Kier molecular flexibility index (Phi) is 8.24. The van der Waals surface area contributed by atoms with Gasteiger partial charge in [-0.2, -0.15) is 0 Å². The fourth-order valence-electron chi connectivity index (χ4n) is 4.21. The molecule has 188 valence electrons. The molecule has 0 unspecified atom stereocenters. The maximum Gasteiger partial charge on any atom is 0.159 e. The fraction of sp³-hybridized carbons (Fsp3) is 0.267. The SMILES string of the molecule is CCCCOc1cc(F)c(CCc2ccc3c(F)c(CCc4ccc(F)c(F)c4)ccc3c2)c(F)c1.